The Morgan fingerprint density at radius 2 is 1.93 bits per heavy atom. The van der Waals surface area contributed by atoms with E-state index < -0.39 is 42.1 Å². The average Bonchev–Trinajstić information content (AvgIpc) is 3.27. The zero-order valence-corrected chi connectivity index (χ0v) is 25.1. The number of ether oxygens (including phenoxy) is 1. The fourth-order valence-electron chi connectivity index (χ4n) is 5.97. The Hall–Kier alpha value is -3.68. The number of halogens is 4. The number of aromatic nitrogens is 1. The molecule has 44 heavy (non-hydrogen) atoms. The summed E-state index contributed by atoms with van der Waals surface area (Å²) in [6.07, 6.45) is -4.30. The molecule has 3 amide bonds. The minimum Gasteiger partial charge on any atom is -0.391 e. The Morgan fingerprint density at radius 3 is 2.61 bits per heavy atom. The van der Waals surface area contributed by atoms with E-state index in [1.54, 1.807) is 30.1 Å². The topological polar surface area (TPSA) is 107 Å². The number of aliphatic hydroxyl groups is 1. The minimum atomic E-state index is -4.65. The molecule has 2 saturated heterocycles. The molecule has 14 heteroatoms. The van der Waals surface area contributed by atoms with Crippen LogP contribution in [0.5, 0.6) is 0 Å². The Morgan fingerprint density at radius 1 is 1.20 bits per heavy atom. The second-order valence-electron chi connectivity index (χ2n) is 11.3. The van der Waals surface area contributed by atoms with E-state index in [0.717, 1.165) is 17.0 Å². The molecule has 1 N–H and O–H groups in total. The van der Waals surface area contributed by atoms with Crippen LogP contribution in [-0.2, 0) is 25.3 Å². The first-order valence-corrected chi connectivity index (χ1v) is 14.6. The van der Waals surface area contributed by atoms with Crippen molar-refractivity contribution in [3.8, 4) is 0 Å². The number of nitrogens with zero attached hydrogens (tertiary/aromatic N) is 5. The molecule has 4 heterocycles. The van der Waals surface area contributed by atoms with Crippen molar-refractivity contribution in [2.75, 3.05) is 61.1 Å². The van der Waals surface area contributed by atoms with Gasteiger partial charge < -0.3 is 24.5 Å². The number of carbonyl (C=O) groups is 3. The number of likely N-dealkylation sites (N-methyl/N-ethyl adjacent to an activating group) is 1. The summed E-state index contributed by atoms with van der Waals surface area (Å²) >= 11 is 6.66. The van der Waals surface area contributed by atoms with Gasteiger partial charge in [-0.15, -0.1) is 0 Å². The van der Waals surface area contributed by atoms with E-state index in [1.165, 1.54) is 11.8 Å². The van der Waals surface area contributed by atoms with Gasteiger partial charge in [-0.2, -0.15) is 13.2 Å². The first-order chi connectivity index (χ1) is 20.8. The number of fused-ring (bicyclic) bond motifs is 2. The Balaban J connectivity index is 1.36. The van der Waals surface area contributed by atoms with Gasteiger partial charge in [-0.05, 0) is 37.6 Å². The van der Waals surface area contributed by atoms with Crippen molar-refractivity contribution in [1.82, 2.24) is 9.88 Å². The average molecular weight is 636 g/mol. The summed E-state index contributed by atoms with van der Waals surface area (Å²) < 4.78 is 46.8. The predicted molar refractivity (Wildman–Crippen MR) is 158 cm³/mol. The van der Waals surface area contributed by atoms with E-state index in [0.29, 0.717) is 49.1 Å². The fraction of sp³-hybridized carbons (Fsp3) is 0.467. The van der Waals surface area contributed by atoms with Gasteiger partial charge in [0.15, 0.2) is 0 Å². The van der Waals surface area contributed by atoms with Crippen LogP contribution in [-0.4, -0.2) is 91.3 Å². The molecule has 2 aromatic rings. The molecule has 2 fully saturated rings. The molecule has 3 aliphatic heterocycles. The van der Waals surface area contributed by atoms with Gasteiger partial charge in [0.1, 0.15) is 11.9 Å². The van der Waals surface area contributed by atoms with Crippen LogP contribution in [0, 0.1) is 12.8 Å². The quantitative estimate of drug-likeness (QED) is 0.350. The second kappa shape index (κ2) is 12.4. The number of aliphatic hydroxyl groups excluding tert-OH is 1. The summed E-state index contributed by atoms with van der Waals surface area (Å²) in [5.74, 6) is -1.99. The molecule has 10 nitrogen and oxygen atoms in total. The fourth-order valence-corrected chi connectivity index (χ4v) is 6.26. The number of rotatable bonds is 8. The minimum absolute atomic E-state index is 0.0565. The molecule has 0 saturated carbocycles. The summed E-state index contributed by atoms with van der Waals surface area (Å²) in [5.41, 5.74) is 0.380. The van der Waals surface area contributed by atoms with E-state index in [-0.39, 0.29) is 42.1 Å². The number of para-hydroxylation sites is 1. The number of hydrogen-bond acceptors (Lipinski definition) is 7. The lowest BCUT2D eigenvalue weighted by Crippen LogP contribution is -2.55. The number of pyridine rings is 1. The maximum Gasteiger partial charge on any atom is 0.416 e. The molecule has 0 aliphatic carbocycles. The van der Waals surface area contributed by atoms with Gasteiger partial charge in [-0.1, -0.05) is 24.2 Å². The number of aryl methyl sites for hydroxylation is 1. The molecule has 0 radical (unpaired) electrons. The predicted octanol–water partition coefficient (Wildman–Crippen LogP) is 3.43. The van der Waals surface area contributed by atoms with Crippen LogP contribution in [0.3, 0.4) is 0 Å². The largest absolute Gasteiger partial charge is 0.416 e. The number of carbonyl (C=O) groups excluding carboxylic acids is 3. The van der Waals surface area contributed by atoms with Crippen molar-refractivity contribution in [2.45, 2.75) is 38.1 Å². The van der Waals surface area contributed by atoms with Gasteiger partial charge in [0.05, 0.1) is 34.7 Å². The van der Waals surface area contributed by atoms with Gasteiger partial charge in [0.2, 0.25) is 11.8 Å². The van der Waals surface area contributed by atoms with Crippen LogP contribution in [0.4, 0.5) is 30.4 Å². The van der Waals surface area contributed by atoms with Crippen molar-refractivity contribution in [2.24, 2.45) is 5.92 Å². The highest BCUT2D eigenvalue weighted by Gasteiger charge is 2.49. The summed E-state index contributed by atoms with van der Waals surface area (Å²) in [5, 5.41) is 9.52. The van der Waals surface area contributed by atoms with E-state index in [1.807, 2.05) is 4.90 Å². The molecular formula is C30H33ClF3N5O5. The smallest absolute Gasteiger partial charge is 0.391 e. The molecule has 1 aromatic heterocycles. The SMILES string of the molecule is C=C(CO)C(=O)N1CC(OCCCN2C[C@H]3CC(=O)N(c4cc(C(F)(F)F)cc(C)n4)[C@@H]3C(=O)N(C)c3cccc(Cl)c32)C1. The third-order valence-corrected chi connectivity index (χ3v) is 8.49. The normalized spacial score (nSPS) is 20.7. The van der Waals surface area contributed by atoms with Crippen LogP contribution < -0.4 is 14.7 Å². The molecule has 5 rings (SSSR count). The van der Waals surface area contributed by atoms with Crippen LogP contribution in [0.25, 0.3) is 0 Å². The molecule has 236 valence electrons. The maximum absolute atomic E-state index is 13.9. The first kappa shape index (κ1) is 31.7. The number of amides is 3. The molecule has 2 atom stereocenters. The summed E-state index contributed by atoms with van der Waals surface area (Å²) in [6.45, 7) is 6.42. The van der Waals surface area contributed by atoms with Gasteiger partial charge in [-0.3, -0.25) is 19.3 Å². The lowest BCUT2D eigenvalue weighted by Gasteiger charge is -2.40. The van der Waals surface area contributed by atoms with Crippen LogP contribution in [0.15, 0.2) is 42.5 Å². The molecule has 0 bridgehead atoms. The lowest BCUT2D eigenvalue weighted by molar-refractivity contribution is -0.141. The van der Waals surface area contributed by atoms with E-state index in [9.17, 15) is 27.6 Å². The summed E-state index contributed by atoms with van der Waals surface area (Å²) in [6, 6.07) is 5.80. The highest BCUT2D eigenvalue weighted by atomic mass is 35.5. The Bertz CT molecular complexity index is 1480. The monoisotopic (exact) mass is 635 g/mol. The van der Waals surface area contributed by atoms with Crippen LogP contribution in [0.1, 0.15) is 24.1 Å². The highest BCUT2D eigenvalue weighted by molar-refractivity contribution is 6.34. The van der Waals surface area contributed by atoms with Crippen molar-refractivity contribution in [3.63, 3.8) is 0 Å². The molecule has 1 aromatic carbocycles. The Kier molecular flexibility index (Phi) is 8.92. The van der Waals surface area contributed by atoms with Crippen molar-refractivity contribution >= 4 is 46.5 Å². The zero-order chi connectivity index (χ0) is 31.9. The third kappa shape index (κ3) is 6.13. The zero-order valence-electron chi connectivity index (χ0n) is 24.3. The first-order valence-electron chi connectivity index (χ1n) is 14.2. The lowest BCUT2D eigenvalue weighted by atomic mass is 9.95. The van der Waals surface area contributed by atoms with Gasteiger partial charge in [-0.25, -0.2) is 4.98 Å². The number of benzene rings is 1. The number of likely N-dealkylation sites (tertiary alicyclic amines) is 1. The molecular weight excluding hydrogens is 603 g/mol. The van der Waals surface area contributed by atoms with Crippen LogP contribution in [0.2, 0.25) is 5.02 Å². The van der Waals surface area contributed by atoms with Crippen molar-refractivity contribution in [1.29, 1.82) is 0 Å². The van der Waals surface area contributed by atoms with Crippen molar-refractivity contribution < 1.29 is 37.4 Å². The highest BCUT2D eigenvalue weighted by Crippen LogP contribution is 2.43. The maximum atomic E-state index is 13.9. The van der Waals surface area contributed by atoms with E-state index in [2.05, 4.69) is 11.6 Å². The van der Waals surface area contributed by atoms with E-state index in [4.69, 9.17) is 21.4 Å². The van der Waals surface area contributed by atoms with Gasteiger partial charge in [0, 0.05) is 63.4 Å². The third-order valence-electron chi connectivity index (χ3n) is 8.18. The van der Waals surface area contributed by atoms with Gasteiger partial charge in [0.25, 0.3) is 5.91 Å². The van der Waals surface area contributed by atoms with E-state index >= 15 is 0 Å². The number of anilines is 3. The molecule has 0 spiro atoms. The summed E-state index contributed by atoms with van der Waals surface area (Å²) in [4.78, 5) is 49.6. The molecule has 3 aliphatic rings. The number of alkyl halides is 3. The second-order valence-corrected chi connectivity index (χ2v) is 11.7. The Labute approximate surface area is 257 Å². The van der Waals surface area contributed by atoms with Crippen molar-refractivity contribution in [3.05, 3.63) is 58.8 Å². The summed E-state index contributed by atoms with van der Waals surface area (Å²) in [7, 11) is 1.56. The standard InChI is InChI=1S/C30H33ClF3N5O5/c1-17(16-40)28(42)38-14-21(15-38)44-9-5-8-37-13-19-11-25(41)39(24-12-20(30(32,33)34)10-18(2)35-24)26(19)29(43)36(3)23-7-4-6-22(31)27(23)37/h4,6-7,10,12,19,21,26,40H,1,5,8-9,11,13-16H2,2-3H3/t19-,26+/m1/s1. The van der Waals surface area contributed by atoms with Crippen LogP contribution >= 0.6 is 11.6 Å². The molecule has 0 unspecified atom stereocenters. The number of hydrogen-bond donors (Lipinski definition) is 1. The van der Waals surface area contributed by atoms with Gasteiger partial charge >= 0.3 is 6.18 Å².